The van der Waals surface area contributed by atoms with E-state index in [-0.39, 0.29) is 43.2 Å². The Bertz CT molecular complexity index is 1170. The van der Waals surface area contributed by atoms with Crippen molar-refractivity contribution in [2.75, 3.05) is 13.2 Å². The topological polar surface area (TPSA) is 172 Å². The number of aliphatic hydroxyl groups excluding tert-OH is 4. The Hall–Kier alpha value is -2.80. The molecule has 1 aromatic rings. The molecule has 1 aromatic carbocycles. The van der Waals surface area contributed by atoms with Gasteiger partial charge >= 0.3 is 11.9 Å². The molecule has 218 valence electrons. The van der Waals surface area contributed by atoms with Gasteiger partial charge in [-0.3, -0.25) is 9.59 Å². The molecule has 2 aliphatic heterocycles. The Morgan fingerprint density at radius 2 is 1.80 bits per heavy atom. The number of phenolic OH excluding ortho intramolecular Hbond substituents is 1. The zero-order valence-electron chi connectivity index (χ0n) is 22.4. The van der Waals surface area contributed by atoms with Gasteiger partial charge in [0, 0.05) is 11.8 Å². The summed E-state index contributed by atoms with van der Waals surface area (Å²) in [4.78, 5) is 24.7. The van der Waals surface area contributed by atoms with Gasteiger partial charge in [0.2, 0.25) is 0 Å². The zero-order valence-corrected chi connectivity index (χ0v) is 22.4. The third-order valence-corrected chi connectivity index (χ3v) is 8.55. The van der Waals surface area contributed by atoms with Crippen LogP contribution in [0.25, 0.3) is 0 Å². The van der Waals surface area contributed by atoms with Crippen LogP contribution in [0.5, 0.6) is 5.75 Å². The molecular formula is C29H36O11. The second-order valence-electron chi connectivity index (χ2n) is 11.2. The predicted octanol–water partition coefficient (Wildman–Crippen LogP) is 0.507. The molecule has 0 amide bonds. The molecule has 2 aliphatic carbocycles. The van der Waals surface area contributed by atoms with Crippen molar-refractivity contribution >= 4 is 11.9 Å². The van der Waals surface area contributed by atoms with Crippen molar-refractivity contribution in [2.24, 2.45) is 17.8 Å². The number of rotatable bonds is 7. The normalized spacial score (nSPS) is 37.4. The first-order valence-electron chi connectivity index (χ1n) is 13.6. The molecule has 0 aromatic heterocycles. The lowest BCUT2D eigenvalue weighted by Crippen LogP contribution is -2.59. The number of hydrogen-bond donors (Lipinski definition) is 5. The van der Waals surface area contributed by atoms with Crippen molar-refractivity contribution in [2.45, 2.75) is 76.0 Å². The lowest BCUT2D eigenvalue weighted by Gasteiger charge is -2.40. The quantitative estimate of drug-likeness (QED) is 0.232. The molecular weight excluding hydrogens is 524 g/mol. The van der Waals surface area contributed by atoms with E-state index in [4.69, 9.17) is 18.9 Å². The fraction of sp³-hybridized carbons (Fsp3) is 0.586. The fourth-order valence-corrected chi connectivity index (χ4v) is 6.28. The highest BCUT2D eigenvalue weighted by Crippen LogP contribution is 2.49. The number of carbonyl (C=O) groups is 2. The molecule has 10 unspecified atom stereocenters. The number of aromatic hydroxyl groups is 1. The molecule has 4 aliphatic rings. The summed E-state index contributed by atoms with van der Waals surface area (Å²) >= 11 is 0. The molecule has 5 rings (SSSR count). The molecule has 2 saturated heterocycles. The molecule has 0 spiro atoms. The second-order valence-corrected chi connectivity index (χ2v) is 11.2. The summed E-state index contributed by atoms with van der Waals surface area (Å²) in [6.45, 7) is 3.34. The number of esters is 2. The van der Waals surface area contributed by atoms with Gasteiger partial charge in [-0.25, -0.2) is 0 Å². The highest BCUT2D eigenvalue weighted by atomic mass is 16.7. The first-order valence-corrected chi connectivity index (χ1v) is 13.6. The minimum absolute atomic E-state index is 0.00933. The largest absolute Gasteiger partial charge is 0.508 e. The average molecular weight is 561 g/mol. The molecule has 40 heavy (non-hydrogen) atoms. The molecule has 2 fully saturated rings. The molecule has 11 nitrogen and oxygen atoms in total. The molecule has 11 heteroatoms. The van der Waals surface area contributed by atoms with Gasteiger partial charge in [0.25, 0.3) is 0 Å². The molecule has 0 saturated carbocycles. The molecule has 2 heterocycles. The lowest BCUT2D eigenvalue weighted by atomic mass is 9.79. The van der Waals surface area contributed by atoms with Crippen LogP contribution in [0.1, 0.15) is 32.3 Å². The average Bonchev–Trinajstić information content (AvgIpc) is 3.44. The third-order valence-electron chi connectivity index (χ3n) is 8.55. The summed E-state index contributed by atoms with van der Waals surface area (Å²) in [5.41, 5.74) is 3.55. The van der Waals surface area contributed by atoms with E-state index in [1.807, 2.05) is 13.0 Å². The summed E-state index contributed by atoms with van der Waals surface area (Å²) in [5, 5.41) is 51.6. The van der Waals surface area contributed by atoms with Crippen LogP contribution < -0.4 is 0 Å². The monoisotopic (exact) mass is 560 g/mol. The van der Waals surface area contributed by atoms with Crippen LogP contribution >= 0.6 is 0 Å². The lowest BCUT2D eigenvalue weighted by molar-refractivity contribution is -0.299. The van der Waals surface area contributed by atoms with E-state index in [9.17, 15) is 35.1 Å². The predicted molar refractivity (Wildman–Crippen MR) is 137 cm³/mol. The molecule has 10 atom stereocenters. The standard InChI is InChI=1S/C29H36O11/c1-13-9-19(31)22-14(2)28(36)40-27(22)23-16(5-8-18(13)23)11-38-29-26(35)25(34)24(33)20(39-29)12-37-21(32)10-15-3-6-17(30)7-4-15/h3-7,14,19-20,22-27,29-31,33-35H,8-12H2,1-2H3. The van der Waals surface area contributed by atoms with E-state index in [1.54, 1.807) is 19.1 Å². The number of phenols is 1. The minimum Gasteiger partial charge on any atom is -0.508 e. The smallest absolute Gasteiger partial charge is 0.310 e. The van der Waals surface area contributed by atoms with Crippen LogP contribution in [-0.2, 0) is 35.0 Å². The number of allylic oxidation sites excluding steroid dienone is 1. The third kappa shape index (κ3) is 5.54. The number of ether oxygens (including phenoxy) is 4. The van der Waals surface area contributed by atoms with Gasteiger partial charge in [0.1, 0.15) is 42.9 Å². The van der Waals surface area contributed by atoms with Gasteiger partial charge in [0.05, 0.1) is 25.0 Å². The van der Waals surface area contributed by atoms with E-state index in [2.05, 4.69) is 0 Å². The van der Waals surface area contributed by atoms with Crippen molar-refractivity contribution in [1.82, 2.24) is 0 Å². The maximum Gasteiger partial charge on any atom is 0.310 e. The summed E-state index contributed by atoms with van der Waals surface area (Å²) in [6.07, 6.45) is -5.43. The fourth-order valence-electron chi connectivity index (χ4n) is 6.28. The summed E-state index contributed by atoms with van der Waals surface area (Å²) in [6, 6.07) is 6.06. The second kappa shape index (κ2) is 11.6. The van der Waals surface area contributed by atoms with E-state index >= 15 is 0 Å². The number of benzene rings is 1. The minimum atomic E-state index is -1.61. The first kappa shape index (κ1) is 28.7. The Morgan fingerprint density at radius 1 is 1.07 bits per heavy atom. The number of aliphatic hydroxyl groups is 4. The van der Waals surface area contributed by atoms with E-state index in [1.165, 1.54) is 12.1 Å². The Morgan fingerprint density at radius 3 is 2.52 bits per heavy atom. The highest BCUT2D eigenvalue weighted by molar-refractivity contribution is 5.75. The highest BCUT2D eigenvalue weighted by Gasteiger charge is 2.53. The van der Waals surface area contributed by atoms with Gasteiger partial charge in [0.15, 0.2) is 6.29 Å². The molecule has 5 N–H and O–H groups in total. The maximum absolute atomic E-state index is 12.4. The van der Waals surface area contributed by atoms with Gasteiger partial charge < -0.3 is 44.5 Å². The molecule has 0 bridgehead atoms. The summed E-state index contributed by atoms with van der Waals surface area (Å²) in [7, 11) is 0. The SMILES string of the molecule is CC1=C2CC=C(COC3OC(COC(=O)Cc4ccc(O)cc4)C(O)C(O)C3O)C2C2OC(=O)C(C)C2C(O)C1. The number of fused-ring (bicyclic) bond motifs is 3. The van der Waals surface area contributed by atoms with Crippen LogP contribution in [0.2, 0.25) is 0 Å². The summed E-state index contributed by atoms with van der Waals surface area (Å²) in [5.74, 6) is -1.94. The van der Waals surface area contributed by atoms with Gasteiger partial charge in [-0.05, 0) is 43.0 Å². The van der Waals surface area contributed by atoms with Gasteiger partial charge in [-0.15, -0.1) is 0 Å². The zero-order chi connectivity index (χ0) is 28.7. The van der Waals surface area contributed by atoms with Gasteiger partial charge in [-0.2, -0.15) is 0 Å². The first-order chi connectivity index (χ1) is 19.0. The van der Waals surface area contributed by atoms with Crippen LogP contribution in [0.3, 0.4) is 0 Å². The Balaban J connectivity index is 1.22. The van der Waals surface area contributed by atoms with Crippen molar-refractivity contribution in [3.63, 3.8) is 0 Å². The molecule has 0 radical (unpaired) electrons. The van der Waals surface area contributed by atoms with Crippen LogP contribution in [-0.4, -0.2) is 93.6 Å². The van der Waals surface area contributed by atoms with E-state index in [0.717, 1.165) is 16.7 Å². The number of carbonyl (C=O) groups excluding carboxylic acids is 2. The van der Waals surface area contributed by atoms with E-state index in [0.29, 0.717) is 18.4 Å². The van der Waals surface area contributed by atoms with E-state index < -0.39 is 54.8 Å². The maximum atomic E-state index is 12.4. The summed E-state index contributed by atoms with van der Waals surface area (Å²) < 4.78 is 22.6. The number of hydrogen-bond acceptors (Lipinski definition) is 11. The van der Waals surface area contributed by atoms with Crippen molar-refractivity contribution < 1.29 is 54.1 Å². The van der Waals surface area contributed by atoms with Crippen LogP contribution in [0, 0.1) is 17.8 Å². The van der Waals surface area contributed by atoms with Crippen molar-refractivity contribution in [3.05, 3.63) is 52.6 Å². The Labute approximate surface area is 231 Å². The Kier molecular flexibility index (Phi) is 8.32. The van der Waals surface area contributed by atoms with Crippen LogP contribution in [0.4, 0.5) is 0 Å². The van der Waals surface area contributed by atoms with Crippen molar-refractivity contribution in [3.8, 4) is 5.75 Å². The van der Waals surface area contributed by atoms with Crippen LogP contribution in [0.15, 0.2) is 47.1 Å². The van der Waals surface area contributed by atoms with Crippen molar-refractivity contribution in [1.29, 1.82) is 0 Å². The van der Waals surface area contributed by atoms with Gasteiger partial charge in [-0.1, -0.05) is 36.3 Å².